The average Bonchev–Trinajstić information content (AvgIpc) is 3.14. The number of ether oxygens (including phenoxy) is 1. The summed E-state index contributed by atoms with van der Waals surface area (Å²) in [6, 6.07) is 8.85. The van der Waals surface area contributed by atoms with E-state index in [-0.39, 0.29) is 12.1 Å². The van der Waals surface area contributed by atoms with Crippen LogP contribution in [-0.4, -0.2) is 29.8 Å². The van der Waals surface area contributed by atoms with Gasteiger partial charge in [-0.1, -0.05) is 43.3 Å². The van der Waals surface area contributed by atoms with Crippen molar-refractivity contribution in [1.82, 2.24) is 20.8 Å². The summed E-state index contributed by atoms with van der Waals surface area (Å²) in [7, 11) is 1.74. The summed E-state index contributed by atoms with van der Waals surface area (Å²) in [5.74, 6) is 2.38. The zero-order valence-corrected chi connectivity index (χ0v) is 17.8. The second-order valence-electron chi connectivity index (χ2n) is 7.28. The van der Waals surface area contributed by atoms with E-state index in [1.807, 2.05) is 13.8 Å². The Morgan fingerprint density at radius 3 is 2.50 bits per heavy atom. The number of nitrogens with one attached hydrogen (secondary N) is 2. The van der Waals surface area contributed by atoms with Crippen LogP contribution in [0.25, 0.3) is 0 Å². The van der Waals surface area contributed by atoms with Crippen molar-refractivity contribution in [2.45, 2.75) is 59.7 Å². The molecule has 28 heavy (non-hydrogen) atoms. The molecule has 0 fully saturated rings. The third-order valence-corrected chi connectivity index (χ3v) is 4.37. The SMILES string of the molecule is CCOC(C)c1noc(CNC(=NC)NC(C)c2ccc(CC(C)C)cc2)n1. The summed E-state index contributed by atoms with van der Waals surface area (Å²) in [4.78, 5) is 8.63. The molecule has 7 heteroatoms. The fourth-order valence-electron chi connectivity index (χ4n) is 2.89. The van der Waals surface area contributed by atoms with Gasteiger partial charge in [0.05, 0.1) is 12.6 Å². The van der Waals surface area contributed by atoms with Crippen molar-refractivity contribution in [3.8, 4) is 0 Å². The number of rotatable bonds is 9. The molecule has 1 heterocycles. The van der Waals surface area contributed by atoms with Gasteiger partial charge in [0.15, 0.2) is 11.8 Å². The smallest absolute Gasteiger partial charge is 0.246 e. The first kappa shape index (κ1) is 21.9. The minimum absolute atomic E-state index is 0.121. The molecule has 0 amide bonds. The lowest BCUT2D eigenvalue weighted by atomic mass is 10.00. The monoisotopic (exact) mass is 387 g/mol. The Balaban J connectivity index is 1.88. The lowest BCUT2D eigenvalue weighted by molar-refractivity contribution is 0.0683. The average molecular weight is 388 g/mol. The van der Waals surface area contributed by atoms with Gasteiger partial charge in [-0.15, -0.1) is 0 Å². The summed E-state index contributed by atoms with van der Waals surface area (Å²) < 4.78 is 10.8. The number of hydrogen-bond donors (Lipinski definition) is 2. The third kappa shape index (κ3) is 6.64. The topological polar surface area (TPSA) is 84.6 Å². The van der Waals surface area contributed by atoms with Gasteiger partial charge in [-0.25, -0.2) is 0 Å². The molecule has 2 aromatic rings. The molecule has 1 aromatic carbocycles. The van der Waals surface area contributed by atoms with E-state index in [4.69, 9.17) is 9.26 Å². The molecule has 2 unspecified atom stereocenters. The Hall–Kier alpha value is -2.41. The molecular weight excluding hydrogens is 354 g/mol. The molecule has 1 aromatic heterocycles. The Labute approximate surface area is 168 Å². The fraction of sp³-hybridized carbons (Fsp3) is 0.571. The standard InChI is InChI=1S/C21H33N5O2/c1-7-27-16(5)20-25-19(28-26-20)13-23-21(22-6)24-15(4)18-10-8-17(9-11-18)12-14(2)3/h8-11,14-16H,7,12-13H2,1-6H3,(H2,22,23,24). The van der Waals surface area contributed by atoms with Gasteiger partial charge >= 0.3 is 0 Å². The van der Waals surface area contributed by atoms with E-state index in [9.17, 15) is 0 Å². The molecule has 2 atom stereocenters. The summed E-state index contributed by atoms with van der Waals surface area (Å²) in [5.41, 5.74) is 2.57. The van der Waals surface area contributed by atoms with Gasteiger partial charge in [0, 0.05) is 13.7 Å². The molecule has 0 saturated heterocycles. The van der Waals surface area contributed by atoms with Crippen LogP contribution in [0, 0.1) is 5.92 Å². The van der Waals surface area contributed by atoms with Crippen molar-refractivity contribution in [1.29, 1.82) is 0 Å². The number of hydrogen-bond acceptors (Lipinski definition) is 5. The Morgan fingerprint density at radius 2 is 1.89 bits per heavy atom. The minimum Gasteiger partial charge on any atom is -0.371 e. The Morgan fingerprint density at radius 1 is 1.18 bits per heavy atom. The van der Waals surface area contributed by atoms with Crippen LogP contribution in [0.3, 0.4) is 0 Å². The van der Waals surface area contributed by atoms with Gasteiger partial charge in [-0.3, -0.25) is 4.99 Å². The first-order valence-electron chi connectivity index (χ1n) is 9.93. The van der Waals surface area contributed by atoms with Crippen molar-refractivity contribution in [3.05, 3.63) is 47.1 Å². The van der Waals surface area contributed by atoms with E-state index in [0.29, 0.717) is 36.7 Å². The number of guanidine groups is 1. The van der Waals surface area contributed by atoms with Gasteiger partial charge < -0.3 is 19.9 Å². The normalized spacial score (nSPS) is 14.2. The third-order valence-electron chi connectivity index (χ3n) is 4.37. The second kappa shape index (κ2) is 10.8. The number of nitrogens with zero attached hydrogens (tertiary/aromatic N) is 3. The quantitative estimate of drug-likeness (QED) is 0.503. The first-order valence-corrected chi connectivity index (χ1v) is 9.93. The van der Waals surface area contributed by atoms with Crippen molar-refractivity contribution < 1.29 is 9.26 Å². The maximum Gasteiger partial charge on any atom is 0.246 e. The van der Waals surface area contributed by atoms with Crippen LogP contribution in [0.1, 0.15) is 69.6 Å². The highest BCUT2D eigenvalue weighted by Gasteiger charge is 2.14. The maximum atomic E-state index is 5.48. The highest BCUT2D eigenvalue weighted by molar-refractivity contribution is 5.80. The minimum atomic E-state index is -0.182. The van der Waals surface area contributed by atoms with E-state index in [1.165, 1.54) is 11.1 Å². The molecule has 2 N–H and O–H groups in total. The molecule has 154 valence electrons. The van der Waals surface area contributed by atoms with Crippen molar-refractivity contribution in [2.24, 2.45) is 10.9 Å². The summed E-state index contributed by atoms with van der Waals surface area (Å²) in [6.07, 6.45) is 0.915. The number of aliphatic imine (C=N–C) groups is 1. The summed E-state index contributed by atoms with van der Waals surface area (Å²) in [6.45, 7) is 11.4. The van der Waals surface area contributed by atoms with Gasteiger partial charge in [-0.2, -0.15) is 4.98 Å². The van der Waals surface area contributed by atoms with E-state index >= 15 is 0 Å². The largest absolute Gasteiger partial charge is 0.371 e. The molecule has 7 nitrogen and oxygen atoms in total. The number of aromatic nitrogens is 2. The van der Waals surface area contributed by atoms with Crippen molar-refractivity contribution in [3.63, 3.8) is 0 Å². The van der Waals surface area contributed by atoms with Crippen molar-refractivity contribution >= 4 is 5.96 Å². The van der Waals surface area contributed by atoms with Gasteiger partial charge in [0.25, 0.3) is 0 Å². The van der Waals surface area contributed by atoms with Crippen LogP contribution < -0.4 is 10.6 Å². The van der Waals surface area contributed by atoms with Gasteiger partial charge in [0.1, 0.15) is 6.10 Å². The second-order valence-corrected chi connectivity index (χ2v) is 7.28. The predicted molar refractivity (Wildman–Crippen MR) is 111 cm³/mol. The molecule has 0 aliphatic heterocycles. The van der Waals surface area contributed by atoms with E-state index in [1.54, 1.807) is 7.05 Å². The molecular formula is C21H33N5O2. The van der Waals surface area contributed by atoms with Crippen LogP contribution in [0.2, 0.25) is 0 Å². The highest BCUT2D eigenvalue weighted by atomic mass is 16.5. The van der Waals surface area contributed by atoms with Crippen LogP contribution >= 0.6 is 0 Å². The van der Waals surface area contributed by atoms with E-state index < -0.39 is 0 Å². The summed E-state index contributed by atoms with van der Waals surface area (Å²) in [5, 5.41) is 10.6. The molecule has 0 bridgehead atoms. The zero-order valence-electron chi connectivity index (χ0n) is 17.8. The van der Waals surface area contributed by atoms with E-state index in [0.717, 1.165) is 6.42 Å². The first-order chi connectivity index (χ1) is 13.4. The molecule has 0 radical (unpaired) electrons. The lowest BCUT2D eigenvalue weighted by Crippen LogP contribution is -2.38. The van der Waals surface area contributed by atoms with Crippen LogP contribution in [0.4, 0.5) is 0 Å². The maximum absolute atomic E-state index is 5.48. The highest BCUT2D eigenvalue weighted by Crippen LogP contribution is 2.16. The van der Waals surface area contributed by atoms with Crippen LogP contribution in [0.15, 0.2) is 33.8 Å². The zero-order chi connectivity index (χ0) is 20.5. The molecule has 0 spiro atoms. The molecule has 0 aliphatic rings. The lowest BCUT2D eigenvalue weighted by Gasteiger charge is -2.18. The predicted octanol–water partition coefficient (Wildman–Crippen LogP) is 3.79. The van der Waals surface area contributed by atoms with E-state index in [2.05, 4.69) is 70.8 Å². The number of benzene rings is 1. The molecule has 0 aliphatic carbocycles. The van der Waals surface area contributed by atoms with Gasteiger partial charge in [0.2, 0.25) is 5.89 Å². The van der Waals surface area contributed by atoms with Crippen LogP contribution in [-0.2, 0) is 17.7 Å². The van der Waals surface area contributed by atoms with Crippen molar-refractivity contribution in [2.75, 3.05) is 13.7 Å². The van der Waals surface area contributed by atoms with Crippen LogP contribution in [0.5, 0.6) is 0 Å². The Kier molecular flexibility index (Phi) is 8.44. The molecule has 0 saturated carbocycles. The van der Waals surface area contributed by atoms with Gasteiger partial charge in [-0.05, 0) is 44.2 Å². The summed E-state index contributed by atoms with van der Waals surface area (Å²) >= 11 is 0. The molecule has 2 rings (SSSR count). The fourth-order valence-corrected chi connectivity index (χ4v) is 2.89. The Bertz CT molecular complexity index is 740.